The molecule has 0 aliphatic carbocycles. The van der Waals surface area contributed by atoms with Crippen LogP contribution in [0, 0.1) is 0 Å². The Hall–Kier alpha value is -4.93. The van der Waals surface area contributed by atoms with E-state index < -0.39 is 60.3 Å². The molecule has 0 saturated carbocycles. The number of rotatable bonds is 12. The molecule has 0 spiro atoms. The zero-order valence-corrected chi connectivity index (χ0v) is 25.7. The maximum atomic E-state index is 13.4. The fourth-order valence-electron chi connectivity index (χ4n) is 4.83. The van der Waals surface area contributed by atoms with Crippen LogP contribution < -0.4 is 0 Å². The van der Waals surface area contributed by atoms with Crippen molar-refractivity contribution in [1.29, 1.82) is 0 Å². The van der Waals surface area contributed by atoms with Crippen molar-refractivity contribution in [2.45, 2.75) is 36.8 Å². The highest BCUT2D eigenvalue weighted by Gasteiger charge is 2.54. The summed E-state index contributed by atoms with van der Waals surface area (Å²) in [4.78, 5) is 52.9. The lowest BCUT2D eigenvalue weighted by Gasteiger charge is -2.28. The molecule has 4 aromatic carbocycles. The van der Waals surface area contributed by atoms with Gasteiger partial charge in [0.15, 0.2) is 18.3 Å². The van der Waals surface area contributed by atoms with Crippen molar-refractivity contribution >= 4 is 35.6 Å². The second kappa shape index (κ2) is 15.9. The molecule has 1 heterocycles. The number of ether oxygens (including phenoxy) is 5. The minimum atomic E-state index is -1.26. The first-order valence-corrected chi connectivity index (χ1v) is 15.8. The van der Waals surface area contributed by atoms with E-state index in [4.69, 9.17) is 23.7 Å². The molecule has 0 unspecified atom stereocenters. The summed E-state index contributed by atoms with van der Waals surface area (Å²) < 4.78 is 29.9. The van der Waals surface area contributed by atoms with Gasteiger partial charge in [0.2, 0.25) is 0 Å². The van der Waals surface area contributed by atoms with Crippen molar-refractivity contribution in [1.82, 2.24) is 0 Å². The Morgan fingerprint density at radius 2 is 1.02 bits per heavy atom. The van der Waals surface area contributed by atoms with Crippen LogP contribution in [0.15, 0.2) is 121 Å². The molecule has 46 heavy (non-hydrogen) atoms. The van der Waals surface area contributed by atoms with Gasteiger partial charge in [-0.3, -0.25) is 0 Å². The van der Waals surface area contributed by atoms with Gasteiger partial charge in [-0.15, -0.1) is 11.8 Å². The van der Waals surface area contributed by atoms with Crippen molar-refractivity contribution < 1.29 is 42.9 Å². The third-order valence-corrected chi connectivity index (χ3v) is 8.11. The van der Waals surface area contributed by atoms with Crippen LogP contribution in [0.4, 0.5) is 0 Å². The molecule has 10 heteroatoms. The normalized spacial score (nSPS) is 19.4. The van der Waals surface area contributed by atoms with E-state index in [1.54, 1.807) is 121 Å². The Morgan fingerprint density at radius 3 is 1.48 bits per heavy atom. The van der Waals surface area contributed by atoms with Crippen molar-refractivity contribution in [3.63, 3.8) is 0 Å². The molecule has 9 nitrogen and oxygen atoms in total. The molecule has 0 N–H and O–H groups in total. The first-order valence-electron chi connectivity index (χ1n) is 14.7. The molecule has 0 amide bonds. The summed E-state index contributed by atoms with van der Waals surface area (Å²) in [6.45, 7) is 1.47. The van der Waals surface area contributed by atoms with Crippen molar-refractivity contribution in [3.8, 4) is 0 Å². The highest BCUT2D eigenvalue weighted by atomic mass is 32.2. The van der Waals surface area contributed by atoms with Gasteiger partial charge in [0.1, 0.15) is 18.1 Å². The lowest BCUT2D eigenvalue weighted by atomic mass is 10.1. The molecule has 4 aromatic rings. The minimum Gasteiger partial charge on any atom is -0.458 e. The fraction of sp³-hybridized carbons (Fsp3) is 0.222. The van der Waals surface area contributed by atoms with E-state index in [1.165, 1.54) is 11.8 Å². The van der Waals surface area contributed by atoms with E-state index in [0.29, 0.717) is 16.9 Å². The maximum Gasteiger partial charge on any atom is 0.338 e. The van der Waals surface area contributed by atoms with Crippen LogP contribution >= 0.6 is 11.8 Å². The molecule has 236 valence electrons. The first-order chi connectivity index (χ1) is 22.4. The number of hydrogen-bond acceptors (Lipinski definition) is 10. The van der Waals surface area contributed by atoms with E-state index in [-0.39, 0.29) is 11.1 Å². The van der Waals surface area contributed by atoms with Gasteiger partial charge in [-0.1, -0.05) is 79.7 Å². The Bertz CT molecular complexity index is 1600. The van der Waals surface area contributed by atoms with E-state index in [2.05, 4.69) is 0 Å². The molecule has 0 aromatic heterocycles. The predicted octanol–water partition coefficient (Wildman–Crippen LogP) is 6.00. The summed E-state index contributed by atoms with van der Waals surface area (Å²) >= 11 is 1.33. The molecule has 0 bridgehead atoms. The van der Waals surface area contributed by atoms with Gasteiger partial charge in [-0.05, 0) is 54.3 Å². The van der Waals surface area contributed by atoms with Crippen LogP contribution in [-0.2, 0) is 23.7 Å². The number of benzene rings is 4. The predicted molar refractivity (Wildman–Crippen MR) is 170 cm³/mol. The number of carbonyl (C=O) groups excluding carboxylic acids is 4. The molecule has 0 radical (unpaired) electrons. The Kier molecular flexibility index (Phi) is 11.2. The SMILES string of the molecule is CCS[C@H]1O[C@H]([C@H](COC(=O)c2ccccc2)OC(=O)c2ccccc2)[C@H](OC(=O)c2ccccc2)[C@H]1OC(=O)c1ccccc1. The molecule has 1 aliphatic heterocycles. The van der Waals surface area contributed by atoms with Gasteiger partial charge in [0, 0.05) is 0 Å². The Balaban J connectivity index is 1.49. The van der Waals surface area contributed by atoms with E-state index in [9.17, 15) is 19.2 Å². The second-order valence-electron chi connectivity index (χ2n) is 10.2. The molecule has 5 atom stereocenters. The van der Waals surface area contributed by atoms with Crippen molar-refractivity contribution in [2.75, 3.05) is 12.4 Å². The van der Waals surface area contributed by atoms with E-state index in [0.717, 1.165) is 0 Å². The van der Waals surface area contributed by atoms with Gasteiger partial charge in [0.25, 0.3) is 0 Å². The highest BCUT2D eigenvalue weighted by Crippen LogP contribution is 2.37. The highest BCUT2D eigenvalue weighted by molar-refractivity contribution is 7.99. The Labute approximate surface area is 270 Å². The van der Waals surface area contributed by atoms with Crippen LogP contribution in [-0.4, -0.2) is 66.1 Å². The molecule has 1 aliphatic rings. The molecular weight excluding hydrogens is 608 g/mol. The topological polar surface area (TPSA) is 114 Å². The summed E-state index contributed by atoms with van der Waals surface area (Å²) in [5, 5.41) is 0. The lowest BCUT2D eigenvalue weighted by Crippen LogP contribution is -2.47. The van der Waals surface area contributed by atoms with Crippen molar-refractivity contribution in [3.05, 3.63) is 144 Å². The van der Waals surface area contributed by atoms with Crippen LogP contribution in [0.1, 0.15) is 48.4 Å². The largest absolute Gasteiger partial charge is 0.458 e. The van der Waals surface area contributed by atoms with Crippen molar-refractivity contribution in [2.24, 2.45) is 0 Å². The average molecular weight is 641 g/mol. The third-order valence-electron chi connectivity index (χ3n) is 7.07. The third kappa shape index (κ3) is 8.21. The number of carbonyl (C=O) groups is 4. The molecule has 1 saturated heterocycles. The van der Waals surface area contributed by atoms with Crippen LogP contribution in [0.3, 0.4) is 0 Å². The van der Waals surface area contributed by atoms with E-state index in [1.807, 2.05) is 6.92 Å². The number of thioether (sulfide) groups is 1. The van der Waals surface area contributed by atoms with Gasteiger partial charge in [0.05, 0.1) is 22.3 Å². The van der Waals surface area contributed by atoms with Crippen LogP contribution in [0.25, 0.3) is 0 Å². The fourth-order valence-corrected chi connectivity index (χ4v) is 5.76. The average Bonchev–Trinajstić information content (AvgIpc) is 3.43. The van der Waals surface area contributed by atoms with E-state index >= 15 is 0 Å². The maximum absolute atomic E-state index is 13.4. The van der Waals surface area contributed by atoms with Gasteiger partial charge in [-0.25, -0.2) is 19.2 Å². The quantitative estimate of drug-likeness (QED) is 0.135. The lowest BCUT2D eigenvalue weighted by molar-refractivity contribution is -0.0899. The minimum absolute atomic E-state index is 0.254. The van der Waals surface area contributed by atoms with Crippen LogP contribution in [0.2, 0.25) is 0 Å². The standard InChI is InChI=1S/C36H32O9S/c1-2-46-36-31(44-35(40)27-21-13-6-14-22-27)30(43-34(39)26-19-11-5-12-20-26)29(45-36)28(42-33(38)25-17-9-4-10-18-25)23-41-32(37)24-15-7-3-8-16-24/h3-22,28-31,36H,2,23H2,1H3/t28-,29+,30-,31+,36+/m0/s1. The first kappa shape index (κ1) is 32.5. The summed E-state index contributed by atoms with van der Waals surface area (Å²) in [6.07, 6.45) is -4.78. The van der Waals surface area contributed by atoms with Crippen LogP contribution in [0.5, 0.6) is 0 Å². The second-order valence-corrected chi connectivity index (χ2v) is 11.5. The zero-order chi connectivity index (χ0) is 32.3. The number of hydrogen-bond donors (Lipinski definition) is 0. The summed E-state index contributed by atoms with van der Waals surface area (Å²) in [5.74, 6) is -2.14. The number of esters is 4. The Morgan fingerprint density at radius 1 is 0.609 bits per heavy atom. The summed E-state index contributed by atoms with van der Waals surface area (Å²) in [6, 6.07) is 33.3. The molecular formula is C36H32O9S. The van der Waals surface area contributed by atoms with Gasteiger partial charge < -0.3 is 23.7 Å². The van der Waals surface area contributed by atoms with Gasteiger partial charge in [-0.2, -0.15) is 0 Å². The molecule has 5 rings (SSSR count). The monoisotopic (exact) mass is 640 g/mol. The van der Waals surface area contributed by atoms with Gasteiger partial charge >= 0.3 is 23.9 Å². The smallest absolute Gasteiger partial charge is 0.338 e. The zero-order valence-electron chi connectivity index (χ0n) is 24.9. The molecule has 1 fully saturated rings. The summed E-state index contributed by atoms with van der Waals surface area (Å²) in [5.41, 5.74) is 0.296. The summed E-state index contributed by atoms with van der Waals surface area (Å²) in [7, 11) is 0.